The highest BCUT2D eigenvalue weighted by Gasteiger charge is 2.36. The van der Waals surface area contributed by atoms with Gasteiger partial charge in [0, 0.05) is 6.54 Å². The Bertz CT molecular complexity index is 466. The molecule has 1 aromatic rings. The van der Waals surface area contributed by atoms with Gasteiger partial charge in [0.05, 0.1) is 31.1 Å². The number of morpholine rings is 1. The molecular weight excluding hydrogens is 234 g/mol. The summed E-state index contributed by atoms with van der Waals surface area (Å²) in [5.41, 5.74) is -0.00598. The number of ether oxygens (including phenoxy) is 1. The maximum Gasteiger partial charge on any atom is 0.356 e. The van der Waals surface area contributed by atoms with Crippen LogP contribution in [0, 0.1) is 0 Å². The van der Waals surface area contributed by atoms with E-state index in [-0.39, 0.29) is 11.8 Å². The minimum atomic E-state index is -1.04. The van der Waals surface area contributed by atoms with Gasteiger partial charge in [-0.25, -0.2) is 9.78 Å². The number of carboxylic acids is 1. The molecular formula is C12H15N3O3. The highest BCUT2D eigenvalue weighted by molar-refractivity contribution is 5.85. The zero-order chi connectivity index (χ0) is 12.5. The SMILES string of the molecule is O=C(O)c1cncc(N2CCOC3CCCC32)n1. The quantitative estimate of drug-likeness (QED) is 0.840. The fraction of sp³-hybridized carbons (Fsp3) is 0.583. The average molecular weight is 249 g/mol. The second-order valence-electron chi connectivity index (χ2n) is 4.67. The molecule has 2 aliphatic rings. The first-order valence-electron chi connectivity index (χ1n) is 6.19. The fourth-order valence-corrected chi connectivity index (χ4v) is 2.81. The van der Waals surface area contributed by atoms with Gasteiger partial charge >= 0.3 is 5.97 Å². The second-order valence-corrected chi connectivity index (χ2v) is 4.67. The first-order chi connectivity index (χ1) is 8.75. The summed E-state index contributed by atoms with van der Waals surface area (Å²) in [6, 6.07) is 0.317. The molecule has 1 saturated carbocycles. The van der Waals surface area contributed by atoms with Crippen LogP contribution in [0.5, 0.6) is 0 Å². The Morgan fingerprint density at radius 2 is 2.33 bits per heavy atom. The van der Waals surface area contributed by atoms with E-state index >= 15 is 0 Å². The molecule has 0 aromatic carbocycles. The van der Waals surface area contributed by atoms with E-state index in [4.69, 9.17) is 9.84 Å². The molecule has 1 aliphatic carbocycles. The van der Waals surface area contributed by atoms with Crippen molar-refractivity contribution < 1.29 is 14.6 Å². The molecule has 18 heavy (non-hydrogen) atoms. The number of hydrogen-bond donors (Lipinski definition) is 1. The van der Waals surface area contributed by atoms with Crippen molar-refractivity contribution in [1.29, 1.82) is 0 Å². The average Bonchev–Trinajstić information content (AvgIpc) is 2.87. The van der Waals surface area contributed by atoms with Gasteiger partial charge in [0.1, 0.15) is 5.82 Å². The van der Waals surface area contributed by atoms with E-state index in [9.17, 15) is 4.79 Å². The highest BCUT2D eigenvalue weighted by atomic mass is 16.5. The van der Waals surface area contributed by atoms with E-state index in [0.717, 1.165) is 25.8 Å². The van der Waals surface area contributed by atoms with Crippen molar-refractivity contribution in [2.45, 2.75) is 31.4 Å². The molecule has 6 nitrogen and oxygen atoms in total. The van der Waals surface area contributed by atoms with Gasteiger partial charge in [0.25, 0.3) is 0 Å². The zero-order valence-corrected chi connectivity index (χ0v) is 9.95. The van der Waals surface area contributed by atoms with Crippen LogP contribution >= 0.6 is 0 Å². The van der Waals surface area contributed by atoms with Crippen LogP contribution in [-0.4, -0.2) is 46.3 Å². The Morgan fingerprint density at radius 1 is 1.44 bits per heavy atom. The number of anilines is 1. The van der Waals surface area contributed by atoms with Gasteiger partial charge in [0.2, 0.25) is 0 Å². The molecule has 1 aliphatic heterocycles. The smallest absolute Gasteiger partial charge is 0.356 e. The lowest BCUT2D eigenvalue weighted by molar-refractivity contribution is 0.0253. The third kappa shape index (κ3) is 1.92. The number of carbonyl (C=O) groups is 1. The predicted molar refractivity (Wildman–Crippen MR) is 63.7 cm³/mol. The van der Waals surface area contributed by atoms with Gasteiger partial charge in [-0.15, -0.1) is 0 Å². The van der Waals surface area contributed by atoms with Gasteiger partial charge in [-0.1, -0.05) is 0 Å². The molecule has 96 valence electrons. The molecule has 0 amide bonds. The van der Waals surface area contributed by atoms with Crippen LogP contribution in [0.15, 0.2) is 12.4 Å². The van der Waals surface area contributed by atoms with Crippen LogP contribution in [0.1, 0.15) is 29.8 Å². The number of nitrogens with zero attached hydrogens (tertiary/aromatic N) is 3. The van der Waals surface area contributed by atoms with Gasteiger partial charge in [-0.3, -0.25) is 4.98 Å². The van der Waals surface area contributed by atoms with E-state index in [0.29, 0.717) is 18.5 Å². The van der Waals surface area contributed by atoms with Crippen molar-refractivity contribution in [1.82, 2.24) is 9.97 Å². The number of carboxylic acid groups (broad SMARTS) is 1. The van der Waals surface area contributed by atoms with E-state index in [1.165, 1.54) is 6.20 Å². The summed E-state index contributed by atoms with van der Waals surface area (Å²) in [5, 5.41) is 8.95. The van der Waals surface area contributed by atoms with Crippen LogP contribution in [0.3, 0.4) is 0 Å². The topological polar surface area (TPSA) is 75.5 Å². The predicted octanol–water partition coefficient (Wildman–Crippen LogP) is 0.932. The molecule has 0 spiro atoms. The third-order valence-corrected chi connectivity index (χ3v) is 3.62. The Labute approximate surface area is 105 Å². The lowest BCUT2D eigenvalue weighted by Gasteiger charge is -2.38. The number of rotatable bonds is 2. The summed E-state index contributed by atoms with van der Waals surface area (Å²) in [6.45, 7) is 1.42. The van der Waals surface area contributed by atoms with Crippen LogP contribution in [-0.2, 0) is 4.74 Å². The first-order valence-corrected chi connectivity index (χ1v) is 6.19. The summed E-state index contributed by atoms with van der Waals surface area (Å²) < 4.78 is 5.73. The fourth-order valence-electron chi connectivity index (χ4n) is 2.81. The zero-order valence-electron chi connectivity index (χ0n) is 9.95. The second kappa shape index (κ2) is 4.53. The Kier molecular flexibility index (Phi) is 2.87. The Morgan fingerprint density at radius 3 is 3.17 bits per heavy atom. The van der Waals surface area contributed by atoms with Crippen molar-refractivity contribution in [3.8, 4) is 0 Å². The van der Waals surface area contributed by atoms with Crippen LogP contribution in [0.2, 0.25) is 0 Å². The summed E-state index contributed by atoms with van der Waals surface area (Å²) in [7, 11) is 0. The number of aromatic nitrogens is 2. The molecule has 2 fully saturated rings. The van der Waals surface area contributed by atoms with E-state index in [1.807, 2.05) is 0 Å². The number of fused-ring (bicyclic) bond motifs is 1. The van der Waals surface area contributed by atoms with Crippen LogP contribution in [0.25, 0.3) is 0 Å². The third-order valence-electron chi connectivity index (χ3n) is 3.62. The normalized spacial score (nSPS) is 27.0. The molecule has 1 aromatic heterocycles. The molecule has 1 N–H and O–H groups in total. The minimum absolute atomic E-state index is 0.00598. The standard InChI is InChI=1S/C12H15N3O3/c16-12(17)8-6-13-7-11(14-8)15-4-5-18-10-3-1-2-9(10)15/h6-7,9-10H,1-5H2,(H,16,17). The van der Waals surface area contributed by atoms with Crippen molar-refractivity contribution in [2.24, 2.45) is 0 Å². The first kappa shape index (κ1) is 11.4. The summed E-state index contributed by atoms with van der Waals surface area (Å²) in [4.78, 5) is 21.2. The molecule has 2 atom stereocenters. The van der Waals surface area contributed by atoms with Gasteiger partial charge in [-0.2, -0.15) is 0 Å². The summed E-state index contributed by atoms with van der Waals surface area (Å²) >= 11 is 0. The molecule has 6 heteroatoms. The van der Waals surface area contributed by atoms with Crippen molar-refractivity contribution in [2.75, 3.05) is 18.1 Å². The van der Waals surface area contributed by atoms with Gasteiger partial charge in [0.15, 0.2) is 5.69 Å². The molecule has 1 saturated heterocycles. The van der Waals surface area contributed by atoms with Crippen molar-refractivity contribution in [3.05, 3.63) is 18.1 Å². The molecule has 0 radical (unpaired) electrons. The molecule has 2 unspecified atom stereocenters. The molecule has 0 bridgehead atoms. The lowest BCUT2D eigenvalue weighted by atomic mass is 10.1. The minimum Gasteiger partial charge on any atom is -0.476 e. The largest absolute Gasteiger partial charge is 0.476 e. The van der Waals surface area contributed by atoms with Crippen LogP contribution in [0.4, 0.5) is 5.82 Å². The number of aromatic carboxylic acids is 1. The van der Waals surface area contributed by atoms with E-state index < -0.39 is 5.97 Å². The Hall–Kier alpha value is -1.69. The van der Waals surface area contributed by atoms with Crippen LogP contribution < -0.4 is 4.90 Å². The maximum atomic E-state index is 10.9. The molecule has 2 heterocycles. The van der Waals surface area contributed by atoms with Gasteiger partial charge in [-0.05, 0) is 19.3 Å². The summed E-state index contributed by atoms with van der Waals surface area (Å²) in [5.74, 6) is -0.393. The maximum absolute atomic E-state index is 10.9. The monoisotopic (exact) mass is 249 g/mol. The van der Waals surface area contributed by atoms with Crippen molar-refractivity contribution >= 4 is 11.8 Å². The van der Waals surface area contributed by atoms with Crippen molar-refractivity contribution in [3.63, 3.8) is 0 Å². The van der Waals surface area contributed by atoms with Gasteiger partial charge < -0.3 is 14.7 Å². The highest BCUT2D eigenvalue weighted by Crippen LogP contribution is 2.32. The van der Waals surface area contributed by atoms with E-state index in [1.54, 1.807) is 6.20 Å². The van der Waals surface area contributed by atoms with E-state index in [2.05, 4.69) is 14.9 Å². The molecule has 3 rings (SSSR count). The summed E-state index contributed by atoms with van der Waals surface area (Å²) in [6.07, 6.45) is 6.47. The number of hydrogen-bond acceptors (Lipinski definition) is 5. The Balaban J connectivity index is 1.89. The lowest BCUT2D eigenvalue weighted by Crippen LogP contribution is -2.49.